The van der Waals surface area contributed by atoms with Crippen molar-refractivity contribution >= 4 is 6.03 Å². The number of carbonyl (C=O) groups excluding carboxylic acids is 1. The predicted octanol–water partition coefficient (Wildman–Crippen LogP) is 2.14. The summed E-state index contributed by atoms with van der Waals surface area (Å²) in [6.07, 6.45) is 0. The minimum atomic E-state index is -0.959. The van der Waals surface area contributed by atoms with Gasteiger partial charge in [0.2, 0.25) is 0 Å². The molecule has 1 aromatic carbocycles. The molecule has 0 aliphatic heterocycles. The van der Waals surface area contributed by atoms with E-state index < -0.39 is 11.4 Å². The second-order valence-electron chi connectivity index (χ2n) is 5.45. The lowest BCUT2D eigenvalue weighted by atomic mass is 10.1. The molecule has 0 fully saturated rings. The molecule has 2 N–H and O–H groups in total. The number of rotatable bonds is 6. The lowest BCUT2D eigenvalue weighted by molar-refractivity contribution is 0.0480. The van der Waals surface area contributed by atoms with Crippen molar-refractivity contribution in [3.8, 4) is 5.75 Å². The number of methoxy groups -OCH3 is 1. The summed E-state index contributed by atoms with van der Waals surface area (Å²) in [6.45, 7) is 6.03. The molecule has 0 atom stereocenters. The number of benzene rings is 1. The maximum atomic E-state index is 13.5. The quantitative estimate of drug-likeness (QED) is 0.846. The Balaban J connectivity index is 2.61. The Labute approximate surface area is 124 Å². The molecule has 1 rings (SSSR count). The minimum Gasteiger partial charge on any atom is -0.494 e. The van der Waals surface area contributed by atoms with Crippen LogP contribution in [0.4, 0.5) is 9.18 Å². The molecule has 0 radical (unpaired) electrons. The smallest absolute Gasteiger partial charge is 0.317 e. The van der Waals surface area contributed by atoms with E-state index in [9.17, 15) is 14.3 Å². The maximum Gasteiger partial charge on any atom is 0.317 e. The first-order valence-corrected chi connectivity index (χ1v) is 6.84. The average Bonchev–Trinajstić information content (AvgIpc) is 2.41. The number of urea groups is 1. The van der Waals surface area contributed by atoms with E-state index in [4.69, 9.17) is 4.74 Å². The van der Waals surface area contributed by atoms with Gasteiger partial charge in [-0.15, -0.1) is 0 Å². The molecule has 0 saturated heterocycles. The molecule has 1 aromatic rings. The summed E-state index contributed by atoms with van der Waals surface area (Å²) in [4.78, 5) is 13.5. The summed E-state index contributed by atoms with van der Waals surface area (Å²) in [5.74, 6) is -0.296. The fourth-order valence-corrected chi connectivity index (χ4v) is 1.90. The zero-order chi connectivity index (χ0) is 16.0. The van der Waals surface area contributed by atoms with Crippen molar-refractivity contribution in [1.29, 1.82) is 0 Å². The molecule has 5 nitrogen and oxygen atoms in total. The van der Waals surface area contributed by atoms with Crippen molar-refractivity contribution < 1.29 is 19.0 Å². The van der Waals surface area contributed by atoms with Gasteiger partial charge in [-0.3, -0.25) is 0 Å². The van der Waals surface area contributed by atoms with Crippen LogP contribution in [-0.4, -0.2) is 41.8 Å². The van der Waals surface area contributed by atoms with Crippen LogP contribution >= 0.6 is 0 Å². The Morgan fingerprint density at radius 1 is 1.48 bits per heavy atom. The first-order chi connectivity index (χ1) is 9.76. The molecular weight excluding hydrogens is 275 g/mol. The van der Waals surface area contributed by atoms with Crippen LogP contribution in [0.2, 0.25) is 0 Å². The van der Waals surface area contributed by atoms with Gasteiger partial charge in [-0.25, -0.2) is 9.18 Å². The third-order valence-corrected chi connectivity index (χ3v) is 2.91. The van der Waals surface area contributed by atoms with Gasteiger partial charge in [-0.2, -0.15) is 0 Å². The molecule has 0 saturated carbocycles. The summed E-state index contributed by atoms with van der Waals surface area (Å²) in [5, 5.41) is 12.5. The second kappa shape index (κ2) is 7.26. The highest BCUT2D eigenvalue weighted by atomic mass is 19.1. The summed E-state index contributed by atoms with van der Waals surface area (Å²) in [6, 6.07) is 4.24. The van der Waals surface area contributed by atoms with Gasteiger partial charge in [-0.05, 0) is 38.5 Å². The number of hydrogen-bond acceptors (Lipinski definition) is 3. The highest BCUT2D eigenvalue weighted by molar-refractivity contribution is 5.74. The van der Waals surface area contributed by atoms with Gasteiger partial charge in [0, 0.05) is 13.1 Å². The molecular formula is C15H23FN2O3. The number of nitrogens with zero attached hydrogens (tertiary/aromatic N) is 1. The highest BCUT2D eigenvalue weighted by Gasteiger charge is 2.21. The fraction of sp³-hybridized carbons (Fsp3) is 0.533. The Kier molecular flexibility index (Phi) is 5.96. The number of likely N-dealkylation sites (N-methyl/N-ethyl adjacent to an activating group) is 1. The third-order valence-electron chi connectivity index (χ3n) is 2.91. The van der Waals surface area contributed by atoms with Crippen LogP contribution in [0.3, 0.4) is 0 Å². The number of halogens is 1. The van der Waals surface area contributed by atoms with Crippen LogP contribution in [0, 0.1) is 5.82 Å². The number of ether oxygens (including phenoxy) is 1. The van der Waals surface area contributed by atoms with Crippen LogP contribution in [0.5, 0.6) is 5.75 Å². The number of nitrogens with one attached hydrogen (secondary N) is 1. The SMILES string of the molecule is CCN(CC(C)(C)O)C(=O)NCc1ccc(OC)c(F)c1. The van der Waals surface area contributed by atoms with Gasteiger partial charge in [0.25, 0.3) is 0 Å². The maximum absolute atomic E-state index is 13.5. The van der Waals surface area contributed by atoms with Crippen LogP contribution in [0.25, 0.3) is 0 Å². The van der Waals surface area contributed by atoms with E-state index in [2.05, 4.69) is 5.32 Å². The Morgan fingerprint density at radius 3 is 2.62 bits per heavy atom. The van der Waals surface area contributed by atoms with Gasteiger partial charge in [0.05, 0.1) is 19.3 Å². The summed E-state index contributed by atoms with van der Waals surface area (Å²) in [5.41, 5.74) is -0.319. The molecule has 0 aromatic heterocycles. The van der Waals surface area contributed by atoms with E-state index in [1.807, 2.05) is 6.92 Å². The molecule has 118 valence electrons. The third kappa shape index (κ3) is 5.59. The van der Waals surface area contributed by atoms with Crippen molar-refractivity contribution in [2.24, 2.45) is 0 Å². The minimum absolute atomic E-state index is 0.169. The molecule has 0 bridgehead atoms. The molecule has 0 heterocycles. The average molecular weight is 298 g/mol. The van der Waals surface area contributed by atoms with Gasteiger partial charge in [0.1, 0.15) is 0 Å². The molecule has 0 aliphatic carbocycles. The lowest BCUT2D eigenvalue weighted by Crippen LogP contribution is -2.46. The largest absolute Gasteiger partial charge is 0.494 e. The van der Waals surface area contributed by atoms with Gasteiger partial charge < -0.3 is 20.1 Å². The van der Waals surface area contributed by atoms with Crippen LogP contribution < -0.4 is 10.1 Å². The van der Waals surface area contributed by atoms with Crippen LogP contribution in [0.15, 0.2) is 18.2 Å². The monoisotopic (exact) mass is 298 g/mol. The second-order valence-corrected chi connectivity index (χ2v) is 5.45. The van der Waals surface area contributed by atoms with E-state index >= 15 is 0 Å². The highest BCUT2D eigenvalue weighted by Crippen LogP contribution is 2.17. The van der Waals surface area contributed by atoms with Crippen molar-refractivity contribution in [2.45, 2.75) is 32.9 Å². The van der Waals surface area contributed by atoms with E-state index in [0.29, 0.717) is 12.1 Å². The number of carbonyl (C=O) groups is 1. The number of aliphatic hydroxyl groups is 1. The van der Waals surface area contributed by atoms with Crippen molar-refractivity contribution in [3.05, 3.63) is 29.6 Å². The summed E-state index contributed by atoms with van der Waals surface area (Å²) < 4.78 is 18.4. The number of amides is 2. The van der Waals surface area contributed by atoms with E-state index in [0.717, 1.165) is 0 Å². The fourth-order valence-electron chi connectivity index (χ4n) is 1.90. The Bertz CT molecular complexity index is 486. The van der Waals surface area contributed by atoms with Crippen molar-refractivity contribution in [2.75, 3.05) is 20.2 Å². The predicted molar refractivity (Wildman–Crippen MR) is 78.7 cm³/mol. The van der Waals surface area contributed by atoms with E-state index in [1.54, 1.807) is 19.9 Å². The standard InChI is InChI=1S/C15H23FN2O3/c1-5-18(10-15(2,3)20)14(19)17-9-11-6-7-13(21-4)12(16)8-11/h6-8,20H,5,9-10H2,1-4H3,(H,17,19). The molecule has 21 heavy (non-hydrogen) atoms. The Hall–Kier alpha value is -1.82. The number of hydrogen-bond donors (Lipinski definition) is 2. The lowest BCUT2D eigenvalue weighted by Gasteiger charge is -2.28. The topological polar surface area (TPSA) is 61.8 Å². The van der Waals surface area contributed by atoms with E-state index in [-0.39, 0.29) is 24.9 Å². The zero-order valence-electron chi connectivity index (χ0n) is 12.9. The Morgan fingerprint density at radius 2 is 2.14 bits per heavy atom. The molecule has 6 heteroatoms. The first kappa shape index (κ1) is 17.2. The molecule has 0 unspecified atom stereocenters. The first-order valence-electron chi connectivity index (χ1n) is 6.84. The van der Waals surface area contributed by atoms with Gasteiger partial charge >= 0.3 is 6.03 Å². The summed E-state index contributed by atoms with van der Waals surface area (Å²) >= 11 is 0. The molecule has 2 amide bonds. The van der Waals surface area contributed by atoms with Crippen LogP contribution in [0.1, 0.15) is 26.3 Å². The molecule has 0 spiro atoms. The van der Waals surface area contributed by atoms with E-state index in [1.165, 1.54) is 24.1 Å². The van der Waals surface area contributed by atoms with Gasteiger partial charge in [0.15, 0.2) is 11.6 Å². The zero-order valence-corrected chi connectivity index (χ0v) is 12.9. The van der Waals surface area contributed by atoms with Crippen molar-refractivity contribution in [3.63, 3.8) is 0 Å². The normalized spacial score (nSPS) is 11.1. The van der Waals surface area contributed by atoms with Crippen LogP contribution in [-0.2, 0) is 6.54 Å². The van der Waals surface area contributed by atoms with Gasteiger partial charge in [-0.1, -0.05) is 6.07 Å². The molecule has 0 aliphatic rings. The van der Waals surface area contributed by atoms with Crippen molar-refractivity contribution in [1.82, 2.24) is 10.2 Å². The summed E-state index contributed by atoms with van der Waals surface area (Å²) in [7, 11) is 1.40.